The number of esters is 1. The Labute approximate surface area is 151 Å². The van der Waals surface area contributed by atoms with Crippen LogP contribution in [0.4, 0.5) is 14.5 Å². The molecule has 1 fully saturated rings. The molecule has 0 bridgehead atoms. The normalized spacial score (nSPS) is 17.2. The first-order valence-corrected chi connectivity index (χ1v) is 8.51. The van der Waals surface area contributed by atoms with Gasteiger partial charge in [0, 0.05) is 18.7 Å². The van der Waals surface area contributed by atoms with Crippen LogP contribution >= 0.6 is 0 Å². The van der Waals surface area contributed by atoms with E-state index in [1.807, 2.05) is 48.5 Å². The Balaban J connectivity index is 1.69. The summed E-state index contributed by atoms with van der Waals surface area (Å²) >= 11 is 0. The number of hydrogen-bond donors (Lipinski definition) is 1. The number of halogens is 2. The topological polar surface area (TPSA) is 49.8 Å². The van der Waals surface area contributed by atoms with Crippen molar-refractivity contribution in [1.29, 1.82) is 0 Å². The largest absolute Gasteiger partial charge is 0.459 e. The number of benzene rings is 2. The molecule has 1 aliphatic rings. The third kappa shape index (κ3) is 4.38. The molecule has 1 unspecified atom stereocenters. The van der Waals surface area contributed by atoms with E-state index in [-0.39, 0.29) is 19.6 Å². The van der Waals surface area contributed by atoms with E-state index in [2.05, 4.69) is 0 Å². The van der Waals surface area contributed by atoms with E-state index in [1.54, 1.807) is 4.90 Å². The molecule has 138 valence electrons. The van der Waals surface area contributed by atoms with Gasteiger partial charge in [-0.1, -0.05) is 30.3 Å². The Bertz CT molecular complexity index is 775. The molecule has 2 aromatic carbocycles. The zero-order valence-corrected chi connectivity index (χ0v) is 14.5. The van der Waals surface area contributed by atoms with Gasteiger partial charge in [0.25, 0.3) is 5.92 Å². The highest BCUT2D eigenvalue weighted by atomic mass is 19.3. The van der Waals surface area contributed by atoms with Crippen molar-refractivity contribution in [3.63, 3.8) is 0 Å². The molecule has 0 radical (unpaired) electrons. The molecular weight excluding hydrogens is 340 g/mol. The van der Waals surface area contributed by atoms with E-state index in [0.717, 1.165) is 22.4 Å². The minimum Gasteiger partial charge on any atom is -0.459 e. The molecule has 0 saturated carbocycles. The first kappa shape index (κ1) is 18.3. The third-order valence-electron chi connectivity index (χ3n) is 4.38. The van der Waals surface area contributed by atoms with E-state index in [9.17, 15) is 13.6 Å². The summed E-state index contributed by atoms with van der Waals surface area (Å²) in [5, 5.41) is 9.15. The summed E-state index contributed by atoms with van der Waals surface area (Å²) in [4.78, 5) is 13.0. The quantitative estimate of drug-likeness (QED) is 0.827. The van der Waals surface area contributed by atoms with E-state index in [1.165, 1.54) is 6.92 Å². The summed E-state index contributed by atoms with van der Waals surface area (Å²) in [6.07, 6.45) is -1.26. The Kier molecular flexibility index (Phi) is 5.23. The van der Waals surface area contributed by atoms with Crippen LogP contribution in [0.1, 0.15) is 18.9 Å². The fourth-order valence-electron chi connectivity index (χ4n) is 2.94. The molecule has 1 atom stereocenters. The summed E-state index contributed by atoms with van der Waals surface area (Å²) < 4.78 is 31.7. The number of ether oxygens (including phenoxy) is 1. The highest BCUT2D eigenvalue weighted by molar-refractivity contribution is 5.74. The molecule has 1 N–H and O–H groups in total. The highest BCUT2D eigenvalue weighted by Gasteiger charge is 2.38. The van der Waals surface area contributed by atoms with E-state index < -0.39 is 18.0 Å². The lowest BCUT2D eigenvalue weighted by Crippen LogP contribution is -2.24. The van der Waals surface area contributed by atoms with Crippen LogP contribution in [-0.2, 0) is 16.1 Å². The van der Waals surface area contributed by atoms with Crippen molar-refractivity contribution in [2.24, 2.45) is 0 Å². The van der Waals surface area contributed by atoms with Gasteiger partial charge in [-0.15, -0.1) is 0 Å². The minimum atomic E-state index is -2.61. The minimum absolute atomic E-state index is 0.0819. The van der Waals surface area contributed by atoms with Gasteiger partial charge in [-0.05, 0) is 41.8 Å². The number of carbonyl (C=O) groups is 1. The molecule has 3 rings (SSSR count). The smallest absolute Gasteiger partial charge is 0.334 e. The number of hydrogen-bond acceptors (Lipinski definition) is 4. The molecule has 1 heterocycles. The number of rotatable bonds is 5. The van der Waals surface area contributed by atoms with Gasteiger partial charge >= 0.3 is 5.97 Å². The standard InChI is InChI=1S/C20H21F2NO3/c1-14(24)19(25)26-12-15-3-2-4-17(11-15)16-5-7-18(8-6-16)23-10-9-20(21,22)13-23/h2-8,11,14,24H,9-10,12-13H2,1H3. The Hall–Kier alpha value is -2.47. The second-order valence-electron chi connectivity index (χ2n) is 6.56. The first-order valence-electron chi connectivity index (χ1n) is 8.51. The lowest BCUT2D eigenvalue weighted by atomic mass is 10.0. The maximum atomic E-state index is 13.4. The molecular formula is C20H21F2NO3. The van der Waals surface area contributed by atoms with Crippen molar-refractivity contribution in [3.05, 3.63) is 54.1 Å². The zero-order valence-electron chi connectivity index (χ0n) is 14.5. The van der Waals surface area contributed by atoms with Gasteiger partial charge in [0.2, 0.25) is 0 Å². The van der Waals surface area contributed by atoms with E-state index in [4.69, 9.17) is 9.84 Å². The monoisotopic (exact) mass is 361 g/mol. The van der Waals surface area contributed by atoms with Gasteiger partial charge in [0.1, 0.15) is 12.7 Å². The molecule has 0 amide bonds. The van der Waals surface area contributed by atoms with Crippen LogP contribution in [0.2, 0.25) is 0 Å². The van der Waals surface area contributed by atoms with Crippen molar-refractivity contribution < 1.29 is 23.4 Å². The van der Waals surface area contributed by atoms with E-state index >= 15 is 0 Å². The Morgan fingerprint density at radius 3 is 2.58 bits per heavy atom. The lowest BCUT2D eigenvalue weighted by Gasteiger charge is -2.18. The third-order valence-corrected chi connectivity index (χ3v) is 4.38. The molecule has 2 aromatic rings. The Morgan fingerprint density at radius 2 is 1.96 bits per heavy atom. The summed E-state index contributed by atoms with van der Waals surface area (Å²) in [5.74, 6) is -3.28. The molecule has 6 heteroatoms. The predicted molar refractivity (Wildman–Crippen MR) is 95.1 cm³/mol. The second kappa shape index (κ2) is 7.41. The summed E-state index contributed by atoms with van der Waals surface area (Å²) in [6.45, 7) is 1.56. The first-order chi connectivity index (χ1) is 12.3. The molecule has 26 heavy (non-hydrogen) atoms. The number of alkyl halides is 2. The van der Waals surface area contributed by atoms with Gasteiger partial charge < -0.3 is 14.7 Å². The molecule has 0 spiro atoms. The van der Waals surface area contributed by atoms with Gasteiger partial charge in [0.05, 0.1) is 6.54 Å². The van der Waals surface area contributed by atoms with Gasteiger partial charge in [0.15, 0.2) is 0 Å². The number of aliphatic hydroxyl groups is 1. The van der Waals surface area contributed by atoms with Crippen LogP contribution < -0.4 is 4.90 Å². The van der Waals surface area contributed by atoms with Gasteiger partial charge in [-0.25, -0.2) is 13.6 Å². The van der Waals surface area contributed by atoms with Crippen molar-refractivity contribution >= 4 is 11.7 Å². The van der Waals surface area contributed by atoms with Crippen LogP contribution in [0, 0.1) is 0 Å². The fourth-order valence-corrected chi connectivity index (χ4v) is 2.94. The van der Waals surface area contributed by atoms with Crippen LogP contribution in [0.25, 0.3) is 11.1 Å². The molecule has 1 saturated heterocycles. The average Bonchev–Trinajstić information content (AvgIpc) is 3.00. The maximum Gasteiger partial charge on any atom is 0.334 e. The highest BCUT2D eigenvalue weighted by Crippen LogP contribution is 2.32. The lowest BCUT2D eigenvalue weighted by molar-refractivity contribution is -0.153. The number of carbonyl (C=O) groups excluding carboxylic acids is 1. The summed E-state index contributed by atoms with van der Waals surface area (Å²) in [6, 6.07) is 15.0. The molecule has 4 nitrogen and oxygen atoms in total. The van der Waals surface area contributed by atoms with Crippen molar-refractivity contribution in [1.82, 2.24) is 0 Å². The molecule has 1 aliphatic heterocycles. The van der Waals surface area contributed by atoms with Crippen molar-refractivity contribution in [2.75, 3.05) is 18.0 Å². The molecule has 0 aliphatic carbocycles. The number of anilines is 1. The SMILES string of the molecule is CC(O)C(=O)OCc1cccc(-c2ccc(N3CCC(F)(F)C3)cc2)c1. The number of nitrogens with zero attached hydrogens (tertiary/aromatic N) is 1. The fraction of sp³-hybridized carbons (Fsp3) is 0.350. The van der Waals surface area contributed by atoms with E-state index in [0.29, 0.717) is 6.54 Å². The van der Waals surface area contributed by atoms with Gasteiger partial charge in [-0.2, -0.15) is 0 Å². The van der Waals surface area contributed by atoms with Crippen LogP contribution in [-0.4, -0.2) is 36.2 Å². The predicted octanol–water partition coefficient (Wildman–Crippen LogP) is 3.62. The second-order valence-corrected chi connectivity index (χ2v) is 6.56. The van der Waals surface area contributed by atoms with Crippen LogP contribution in [0.3, 0.4) is 0 Å². The maximum absolute atomic E-state index is 13.4. The summed E-state index contributed by atoms with van der Waals surface area (Å²) in [5.41, 5.74) is 3.48. The summed E-state index contributed by atoms with van der Waals surface area (Å²) in [7, 11) is 0. The van der Waals surface area contributed by atoms with Crippen LogP contribution in [0.5, 0.6) is 0 Å². The number of aliphatic hydroxyl groups excluding tert-OH is 1. The van der Waals surface area contributed by atoms with Gasteiger partial charge in [-0.3, -0.25) is 0 Å². The van der Waals surface area contributed by atoms with Crippen molar-refractivity contribution in [2.45, 2.75) is 32.0 Å². The Morgan fingerprint density at radius 1 is 1.23 bits per heavy atom. The molecule has 0 aromatic heterocycles. The zero-order chi connectivity index (χ0) is 18.7. The van der Waals surface area contributed by atoms with Crippen molar-refractivity contribution in [3.8, 4) is 11.1 Å². The van der Waals surface area contributed by atoms with Crippen LogP contribution in [0.15, 0.2) is 48.5 Å². The average molecular weight is 361 g/mol.